The fourth-order valence-corrected chi connectivity index (χ4v) is 4.69. The van der Waals surface area contributed by atoms with E-state index in [1.165, 1.54) is 25.7 Å². The molecular weight excluding hydrogens is 426 g/mol. The monoisotopic (exact) mass is 469 g/mol. The second-order valence-corrected chi connectivity index (χ2v) is 9.37. The minimum Gasteiger partial charge on any atom is -0.391 e. The van der Waals surface area contributed by atoms with E-state index in [0.29, 0.717) is 19.8 Å². The standard InChI is InChI=1S/C29H43NO4/c1-3-4-5-6-13-18-25(31)22-34-29-27(33-21-24-16-11-8-12-17-24)19-26(28(29)30-2)32-20-23-14-9-7-10-15-23/h7-12,14-17,25-31H,3-6,13,18-22H2,1-2H3/t25?,26-,27+,28+,29+/m1/s1. The van der Waals surface area contributed by atoms with Crippen LogP contribution in [0.5, 0.6) is 0 Å². The lowest BCUT2D eigenvalue weighted by Gasteiger charge is -2.27. The lowest BCUT2D eigenvalue weighted by atomic mass is 10.1. The SMILES string of the molecule is CCCCCCCC(O)CO[C@@H]1[C@@H](NC)[C@H](OCc2ccccc2)C[C@@H]1OCc1ccccc1. The third kappa shape index (κ3) is 8.79. The second-order valence-electron chi connectivity index (χ2n) is 9.37. The summed E-state index contributed by atoms with van der Waals surface area (Å²) in [5.74, 6) is 0. The summed E-state index contributed by atoms with van der Waals surface area (Å²) in [5, 5.41) is 13.9. The Kier molecular flexibility index (Phi) is 12.1. The van der Waals surface area contributed by atoms with Gasteiger partial charge in [0, 0.05) is 6.42 Å². The van der Waals surface area contributed by atoms with Gasteiger partial charge in [-0.15, -0.1) is 0 Å². The molecule has 34 heavy (non-hydrogen) atoms. The normalized spacial score (nSPS) is 23.3. The molecule has 1 unspecified atom stereocenters. The van der Waals surface area contributed by atoms with Crippen molar-refractivity contribution in [1.29, 1.82) is 0 Å². The van der Waals surface area contributed by atoms with Crippen molar-refractivity contribution >= 4 is 0 Å². The molecule has 0 amide bonds. The molecule has 1 fully saturated rings. The second kappa shape index (κ2) is 15.3. The van der Waals surface area contributed by atoms with Crippen LogP contribution in [0.15, 0.2) is 60.7 Å². The number of hydrogen-bond donors (Lipinski definition) is 2. The van der Waals surface area contributed by atoms with E-state index >= 15 is 0 Å². The van der Waals surface area contributed by atoms with Gasteiger partial charge in [-0.3, -0.25) is 0 Å². The maximum absolute atomic E-state index is 10.5. The molecule has 2 N–H and O–H groups in total. The smallest absolute Gasteiger partial charge is 0.102 e. The van der Waals surface area contributed by atoms with Crippen molar-refractivity contribution in [3.05, 3.63) is 71.8 Å². The molecule has 2 aromatic rings. The van der Waals surface area contributed by atoms with Gasteiger partial charge < -0.3 is 24.6 Å². The molecule has 5 atom stereocenters. The minimum absolute atomic E-state index is 0.00115. The summed E-state index contributed by atoms with van der Waals surface area (Å²) in [6, 6.07) is 20.5. The molecule has 188 valence electrons. The van der Waals surface area contributed by atoms with E-state index in [4.69, 9.17) is 14.2 Å². The Morgan fingerprint density at radius 2 is 1.41 bits per heavy atom. The van der Waals surface area contributed by atoms with Crippen molar-refractivity contribution in [1.82, 2.24) is 5.32 Å². The molecule has 0 radical (unpaired) electrons. The van der Waals surface area contributed by atoms with Gasteiger partial charge >= 0.3 is 0 Å². The van der Waals surface area contributed by atoms with Gasteiger partial charge in [-0.05, 0) is 24.6 Å². The van der Waals surface area contributed by atoms with Gasteiger partial charge in [-0.2, -0.15) is 0 Å². The average Bonchev–Trinajstić information content (AvgIpc) is 3.22. The number of aliphatic hydroxyl groups is 1. The van der Waals surface area contributed by atoms with Crippen LogP contribution in [0.25, 0.3) is 0 Å². The van der Waals surface area contributed by atoms with Gasteiger partial charge in [-0.25, -0.2) is 0 Å². The Bertz CT molecular complexity index is 772. The maximum atomic E-state index is 10.5. The topological polar surface area (TPSA) is 60.0 Å². The van der Waals surface area contributed by atoms with Crippen molar-refractivity contribution in [2.45, 2.75) is 95.5 Å². The molecule has 3 rings (SSSR count). The number of ether oxygens (including phenoxy) is 3. The van der Waals surface area contributed by atoms with Crippen molar-refractivity contribution in [3.8, 4) is 0 Å². The van der Waals surface area contributed by atoms with Crippen LogP contribution < -0.4 is 5.32 Å². The van der Waals surface area contributed by atoms with Crippen LogP contribution in [0.2, 0.25) is 0 Å². The highest BCUT2D eigenvalue weighted by molar-refractivity contribution is 5.14. The molecule has 0 aromatic heterocycles. The van der Waals surface area contributed by atoms with Crippen LogP contribution in [0, 0.1) is 0 Å². The summed E-state index contributed by atoms with van der Waals surface area (Å²) in [4.78, 5) is 0. The van der Waals surface area contributed by atoms with Crippen molar-refractivity contribution in [2.75, 3.05) is 13.7 Å². The Morgan fingerprint density at radius 1 is 0.824 bits per heavy atom. The zero-order valence-electron chi connectivity index (χ0n) is 20.9. The number of nitrogens with one attached hydrogen (secondary N) is 1. The number of likely N-dealkylation sites (N-methyl/N-ethyl adjacent to an activating group) is 1. The molecule has 1 aliphatic carbocycles. The van der Waals surface area contributed by atoms with Crippen LogP contribution in [-0.2, 0) is 27.4 Å². The van der Waals surface area contributed by atoms with E-state index in [1.54, 1.807) is 0 Å². The lowest BCUT2D eigenvalue weighted by molar-refractivity contribution is -0.0912. The molecule has 0 saturated heterocycles. The first-order chi connectivity index (χ1) is 16.7. The van der Waals surface area contributed by atoms with Gasteiger partial charge in [0.25, 0.3) is 0 Å². The largest absolute Gasteiger partial charge is 0.391 e. The first kappa shape index (κ1) is 26.8. The number of aliphatic hydroxyl groups excluding tert-OH is 1. The predicted molar refractivity (Wildman–Crippen MR) is 137 cm³/mol. The number of unbranched alkanes of at least 4 members (excludes halogenated alkanes) is 4. The van der Waals surface area contributed by atoms with Crippen LogP contribution in [0.4, 0.5) is 0 Å². The van der Waals surface area contributed by atoms with Crippen molar-refractivity contribution in [3.63, 3.8) is 0 Å². The van der Waals surface area contributed by atoms with Crippen molar-refractivity contribution in [2.24, 2.45) is 0 Å². The highest BCUT2D eigenvalue weighted by Gasteiger charge is 2.45. The summed E-state index contributed by atoms with van der Waals surface area (Å²) in [7, 11) is 1.95. The maximum Gasteiger partial charge on any atom is 0.102 e. The molecule has 0 aliphatic heterocycles. The third-order valence-corrected chi connectivity index (χ3v) is 6.65. The van der Waals surface area contributed by atoms with E-state index in [1.807, 2.05) is 43.4 Å². The number of rotatable bonds is 16. The lowest BCUT2D eigenvalue weighted by Crippen LogP contribution is -2.46. The zero-order chi connectivity index (χ0) is 24.0. The first-order valence-corrected chi connectivity index (χ1v) is 13.0. The van der Waals surface area contributed by atoms with Crippen molar-refractivity contribution < 1.29 is 19.3 Å². The fraction of sp³-hybridized carbons (Fsp3) is 0.586. The Balaban J connectivity index is 1.56. The number of benzene rings is 2. The van der Waals surface area contributed by atoms with Crippen LogP contribution in [0.1, 0.15) is 63.0 Å². The number of hydrogen-bond acceptors (Lipinski definition) is 5. The van der Waals surface area contributed by atoms with Crippen LogP contribution in [0.3, 0.4) is 0 Å². The summed E-state index contributed by atoms with van der Waals surface area (Å²) in [6.45, 7) is 3.64. The van der Waals surface area contributed by atoms with Crippen LogP contribution >= 0.6 is 0 Å². The van der Waals surface area contributed by atoms with Crippen LogP contribution in [-0.4, -0.2) is 49.2 Å². The molecule has 1 saturated carbocycles. The molecule has 2 aromatic carbocycles. The highest BCUT2D eigenvalue weighted by atomic mass is 16.6. The minimum atomic E-state index is -0.446. The molecule has 0 heterocycles. The zero-order valence-corrected chi connectivity index (χ0v) is 20.9. The fourth-order valence-electron chi connectivity index (χ4n) is 4.69. The summed E-state index contributed by atoms with van der Waals surface area (Å²) in [6.07, 6.45) is 6.74. The van der Waals surface area contributed by atoms with E-state index in [0.717, 1.165) is 30.4 Å². The van der Waals surface area contributed by atoms with Gasteiger partial charge in [0.15, 0.2) is 0 Å². The summed E-state index contributed by atoms with van der Waals surface area (Å²) >= 11 is 0. The van der Waals surface area contributed by atoms with Gasteiger partial charge in [-0.1, -0.05) is 99.7 Å². The average molecular weight is 470 g/mol. The molecular formula is C29H43NO4. The summed E-state index contributed by atoms with van der Waals surface area (Å²) in [5.41, 5.74) is 2.30. The predicted octanol–water partition coefficient (Wildman–Crippen LogP) is 5.26. The molecule has 0 spiro atoms. The summed E-state index contributed by atoms with van der Waals surface area (Å²) < 4.78 is 19.0. The Hall–Kier alpha value is -1.76. The van der Waals surface area contributed by atoms with E-state index in [-0.39, 0.29) is 24.4 Å². The van der Waals surface area contributed by atoms with Gasteiger partial charge in [0.2, 0.25) is 0 Å². The highest BCUT2D eigenvalue weighted by Crippen LogP contribution is 2.30. The van der Waals surface area contributed by atoms with E-state index in [2.05, 4.69) is 36.5 Å². The first-order valence-electron chi connectivity index (χ1n) is 13.0. The quantitative estimate of drug-likeness (QED) is 0.329. The molecule has 5 heteroatoms. The van der Waals surface area contributed by atoms with E-state index < -0.39 is 6.10 Å². The van der Waals surface area contributed by atoms with E-state index in [9.17, 15) is 5.11 Å². The van der Waals surface area contributed by atoms with Gasteiger partial charge in [0.05, 0.1) is 44.2 Å². The molecule has 1 aliphatic rings. The Morgan fingerprint density at radius 3 is 2.00 bits per heavy atom. The molecule has 0 bridgehead atoms. The van der Waals surface area contributed by atoms with Gasteiger partial charge in [0.1, 0.15) is 6.10 Å². The third-order valence-electron chi connectivity index (χ3n) is 6.65. The molecule has 5 nitrogen and oxygen atoms in total. The Labute approximate surface area is 205 Å².